The minimum Gasteiger partial charge on any atom is -0.492 e. The zero-order valence-electron chi connectivity index (χ0n) is 15.7. The lowest BCUT2D eigenvalue weighted by Gasteiger charge is -2.25. The second-order valence-corrected chi connectivity index (χ2v) is 6.61. The molecule has 0 saturated carbocycles. The van der Waals surface area contributed by atoms with Crippen LogP contribution in [0.1, 0.15) is 22.3 Å². The van der Waals surface area contributed by atoms with Crippen LogP contribution in [0.4, 0.5) is 10.1 Å². The van der Waals surface area contributed by atoms with Gasteiger partial charge < -0.3 is 20.1 Å². The second-order valence-electron chi connectivity index (χ2n) is 6.61. The van der Waals surface area contributed by atoms with Gasteiger partial charge in [-0.3, -0.25) is 9.59 Å². The van der Waals surface area contributed by atoms with Crippen molar-refractivity contribution < 1.29 is 23.5 Å². The molecule has 1 atom stereocenters. The van der Waals surface area contributed by atoms with Gasteiger partial charge in [0, 0.05) is 25.9 Å². The lowest BCUT2D eigenvalue weighted by Crippen LogP contribution is -2.38. The number of carbonyl (C=O) groups is 2. The predicted molar refractivity (Wildman–Crippen MR) is 103 cm³/mol. The Morgan fingerprint density at radius 1 is 1.25 bits per heavy atom. The Bertz CT molecular complexity index is 856. The van der Waals surface area contributed by atoms with Crippen LogP contribution in [-0.2, 0) is 16.0 Å². The fraction of sp³-hybridized carbons (Fsp3) is 0.333. The van der Waals surface area contributed by atoms with Crippen molar-refractivity contribution in [3.63, 3.8) is 0 Å². The molecule has 3 rings (SSSR count). The molecular formula is C21H23FN2O4. The van der Waals surface area contributed by atoms with Crippen molar-refractivity contribution in [3.05, 3.63) is 59.4 Å². The minimum atomic E-state index is -0.577. The van der Waals surface area contributed by atoms with Crippen molar-refractivity contribution in [2.75, 3.05) is 32.2 Å². The molecule has 2 aromatic rings. The van der Waals surface area contributed by atoms with Crippen molar-refractivity contribution in [2.24, 2.45) is 5.92 Å². The summed E-state index contributed by atoms with van der Waals surface area (Å²) in [6.07, 6.45) is 1.26. The summed E-state index contributed by atoms with van der Waals surface area (Å²) in [4.78, 5) is 24.6. The molecule has 0 bridgehead atoms. The van der Waals surface area contributed by atoms with Gasteiger partial charge >= 0.3 is 0 Å². The van der Waals surface area contributed by atoms with E-state index in [1.165, 1.54) is 18.2 Å². The third-order valence-corrected chi connectivity index (χ3v) is 4.54. The van der Waals surface area contributed by atoms with E-state index in [2.05, 4.69) is 10.6 Å². The van der Waals surface area contributed by atoms with Crippen molar-refractivity contribution in [2.45, 2.75) is 12.8 Å². The molecular weight excluding hydrogens is 363 g/mol. The number of amides is 2. The van der Waals surface area contributed by atoms with Crippen LogP contribution < -0.4 is 15.4 Å². The first-order chi connectivity index (χ1) is 13.6. The van der Waals surface area contributed by atoms with Gasteiger partial charge in [-0.1, -0.05) is 12.1 Å². The lowest BCUT2D eigenvalue weighted by molar-refractivity contribution is -0.126. The number of ether oxygens (including phenoxy) is 2. The highest BCUT2D eigenvalue weighted by molar-refractivity contribution is 6.04. The SMILES string of the molecule is COCCCNC(=O)C1COc2ccc(NC(=O)c3ccccc3F)cc2C1. The number of anilines is 1. The number of nitrogens with one attached hydrogen (secondary N) is 2. The smallest absolute Gasteiger partial charge is 0.258 e. The molecule has 0 radical (unpaired) electrons. The molecule has 0 fully saturated rings. The summed E-state index contributed by atoms with van der Waals surface area (Å²) in [6.45, 7) is 1.45. The molecule has 7 heteroatoms. The van der Waals surface area contributed by atoms with Gasteiger partial charge in [0.15, 0.2) is 0 Å². The zero-order chi connectivity index (χ0) is 19.9. The maximum Gasteiger partial charge on any atom is 0.258 e. The predicted octanol–water partition coefficient (Wildman–Crippen LogP) is 2.78. The van der Waals surface area contributed by atoms with E-state index < -0.39 is 11.7 Å². The first-order valence-corrected chi connectivity index (χ1v) is 9.16. The summed E-state index contributed by atoms with van der Waals surface area (Å²) in [7, 11) is 1.62. The highest BCUT2D eigenvalue weighted by Gasteiger charge is 2.26. The fourth-order valence-electron chi connectivity index (χ4n) is 3.06. The van der Waals surface area contributed by atoms with Gasteiger partial charge in [0.05, 0.1) is 11.5 Å². The van der Waals surface area contributed by atoms with E-state index in [1.54, 1.807) is 31.4 Å². The zero-order valence-corrected chi connectivity index (χ0v) is 15.7. The van der Waals surface area contributed by atoms with Crippen molar-refractivity contribution in [1.82, 2.24) is 5.32 Å². The molecule has 0 aromatic heterocycles. The standard InChI is InChI=1S/C21H23FN2O4/c1-27-10-4-9-23-20(25)15-11-14-12-16(7-8-19(14)28-13-15)24-21(26)17-5-2-3-6-18(17)22/h2-3,5-8,12,15H,4,9-11,13H2,1H3,(H,23,25)(H,24,26). The van der Waals surface area contributed by atoms with Crippen LogP contribution in [0.3, 0.4) is 0 Å². The number of hydrogen-bond acceptors (Lipinski definition) is 4. The molecule has 0 saturated heterocycles. The number of fused-ring (bicyclic) bond motifs is 1. The van der Waals surface area contributed by atoms with E-state index in [0.29, 0.717) is 37.6 Å². The molecule has 1 aliphatic rings. The highest BCUT2D eigenvalue weighted by Crippen LogP contribution is 2.30. The Morgan fingerprint density at radius 3 is 2.86 bits per heavy atom. The van der Waals surface area contributed by atoms with E-state index >= 15 is 0 Å². The van der Waals surface area contributed by atoms with Gasteiger partial charge in [0.2, 0.25) is 5.91 Å². The maximum atomic E-state index is 13.8. The average molecular weight is 386 g/mol. The highest BCUT2D eigenvalue weighted by atomic mass is 19.1. The summed E-state index contributed by atoms with van der Waals surface area (Å²) < 4.78 is 24.4. The van der Waals surface area contributed by atoms with Crippen molar-refractivity contribution in [3.8, 4) is 5.75 Å². The minimum absolute atomic E-state index is 0.0233. The molecule has 2 amide bonds. The number of methoxy groups -OCH3 is 1. The summed E-state index contributed by atoms with van der Waals surface area (Å²) in [5, 5.41) is 5.57. The van der Waals surface area contributed by atoms with Crippen LogP contribution in [0, 0.1) is 11.7 Å². The first kappa shape index (κ1) is 19.8. The summed E-state index contributed by atoms with van der Waals surface area (Å²) in [5.74, 6) is -0.781. The van der Waals surface area contributed by atoms with E-state index in [9.17, 15) is 14.0 Å². The Balaban J connectivity index is 1.64. The molecule has 6 nitrogen and oxygen atoms in total. The van der Waals surface area contributed by atoms with Crippen LogP contribution in [0.25, 0.3) is 0 Å². The van der Waals surface area contributed by atoms with Crippen molar-refractivity contribution in [1.29, 1.82) is 0 Å². The number of rotatable bonds is 7. The van der Waals surface area contributed by atoms with Gasteiger partial charge in [-0.15, -0.1) is 0 Å². The summed E-state index contributed by atoms with van der Waals surface area (Å²) >= 11 is 0. The van der Waals surface area contributed by atoms with Crippen LogP contribution in [-0.4, -0.2) is 38.7 Å². The number of carbonyl (C=O) groups excluding carboxylic acids is 2. The maximum absolute atomic E-state index is 13.8. The molecule has 1 unspecified atom stereocenters. The first-order valence-electron chi connectivity index (χ1n) is 9.16. The molecule has 2 aromatic carbocycles. The van der Waals surface area contributed by atoms with Gasteiger partial charge in [-0.2, -0.15) is 0 Å². The number of halogens is 1. The monoisotopic (exact) mass is 386 g/mol. The molecule has 0 spiro atoms. The Labute approximate surface area is 163 Å². The van der Waals surface area contributed by atoms with Crippen LogP contribution in [0.5, 0.6) is 5.75 Å². The molecule has 28 heavy (non-hydrogen) atoms. The second kappa shape index (κ2) is 9.32. The van der Waals surface area contributed by atoms with Gasteiger partial charge in [-0.05, 0) is 48.7 Å². The summed E-state index contributed by atoms with van der Waals surface area (Å²) in [6, 6.07) is 11.0. The van der Waals surface area contributed by atoms with Crippen LogP contribution in [0.2, 0.25) is 0 Å². The quantitative estimate of drug-likeness (QED) is 0.718. The Kier molecular flexibility index (Phi) is 6.60. The van der Waals surface area contributed by atoms with E-state index in [0.717, 1.165) is 12.0 Å². The molecule has 0 aliphatic carbocycles. The fourth-order valence-corrected chi connectivity index (χ4v) is 3.06. The Morgan fingerprint density at radius 2 is 2.07 bits per heavy atom. The molecule has 148 valence electrons. The lowest BCUT2D eigenvalue weighted by atomic mass is 9.95. The molecule has 1 aliphatic heterocycles. The van der Waals surface area contributed by atoms with Gasteiger partial charge in [-0.25, -0.2) is 4.39 Å². The van der Waals surface area contributed by atoms with Crippen LogP contribution >= 0.6 is 0 Å². The van der Waals surface area contributed by atoms with Crippen molar-refractivity contribution >= 4 is 17.5 Å². The van der Waals surface area contributed by atoms with Crippen LogP contribution in [0.15, 0.2) is 42.5 Å². The van der Waals surface area contributed by atoms with Gasteiger partial charge in [0.25, 0.3) is 5.91 Å². The molecule has 2 N–H and O–H groups in total. The Hall–Kier alpha value is -2.93. The van der Waals surface area contributed by atoms with E-state index in [1.807, 2.05) is 0 Å². The van der Waals surface area contributed by atoms with E-state index in [-0.39, 0.29) is 17.4 Å². The third kappa shape index (κ3) is 4.86. The van der Waals surface area contributed by atoms with Gasteiger partial charge in [0.1, 0.15) is 18.2 Å². The number of hydrogen-bond donors (Lipinski definition) is 2. The summed E-state index contributed by atoms with van der Waals surface area (Å²) in [5.41, 5.74) is 1.33. The third-order valence-electron chi connectivity index (χ3n) is 4.54. The average Bonchev–Trinajstić information content (AvgIpc) is 2.70. The largest absolute Gasteiger partial charge is 0.492 e. The topological polar surface area (TPSA) is 76.7 Å². The normalized spacial score (nSPS) is 15.3. The van der Waals surface area contributed by atoms with E-state index in [4.69, 9.17) is 9.47 Å². The number of benzene rings is 2. The molecule has 1 heterocycles.